The van der Waals surface area contributed by atoms with E-state index >= 15 is 0 Å². The molecule has 0 bridgehead atoms. The van der Waals surface area contributed by atoms with Crippen LogP contribution in [-0.2, 0) is 4.79 Å². The summed E-state index contributed by atoms with van der Waals surface area (Å²) in [6.07, 6.45) is 2.00. The Kier molecular flexibility index (Phi) is 5.08. The SMILES string of the molecule is C[C@H](CNC(=O)[C@@H](C)Sc1n[nH]c(=O)n1C1CC1)c1ccccc1. The normalized spacial score (nSPS) is 16.6. The molecular weight excluding hydrogens is 324 g/mol. The van der Waals surface area contributed by atoms with E-state index in [1.807, 2.05) is 25.1 Å². The molecule has 1 heterocycles. The van der Waals surface area contributed by atoms with Crippen molar-refractivity contribution in [3.63, 3.8) is 0 Å². The van der Waals surface area contributed by atoms with E-state index in [2.05, 4.69) is 34.6 Å². The van der Waals surface area contributed by atoms with Crippen LogP contribution in [0.1, 0.15) is 44.2 Å². The zero-order valence-electron chi connectivity index (χ0n) is 13.9. The number of rotatable bonds is 7. The highest BCUT2D eigenvalue weighted by molar-refractivity contribution is 8.00. The Labute approximate surface area is 145 Å². The lowest BCUT2D eigenvalue weighted by Crippen LogP contribution is -2.33. The lowest BCUT2D eigenvalue weighted by atomic mass is 10.0. The summed E-state index contributed by atoms with van der Waals surface area (Å²) < 4.78 is 1.67. The van der Waals surface area contributed by atoms with Gasteiger partial charge in [-0.3, -0.25) is 9.36 Å². The predicted molar refractivity (Wildman–Crippen MR) is 94.3 cm³/mol. The Morgan fingerprint density at radius 3 is 2.75 bits per heavy atom. The monoisotopic (exact) mass is 346 g/mol. The smallest absolute Gasteiger partial charge is 0.344 e. The van der Waals surface area contributed by atoms with Crippen LogP contribution in [0.25, 0.3) is 0 Å². The maximum atomic E-state index is 12.3. The molecule has 1 aliphatic rings. The van der Waals surface area contributed by atoms with Crippen LogP contribution < -0.4 is 11.0 Å². The maximum absolute atomic E-state index is 12.3. The van der Waals surface area contributed by atoms with Gasteiger partial charge in [-0.2, -0.15) is 0 Å². The van der Waals surface area contributed by atoms with Gasteiger partial charge in [0.15, 0.2) is 5.16 Å². The Morgan fingerprint density at radius 2 is 2.08 bits per heavy atom. The molecule has 0 aliphatic heterocycles. The first kappa shape index (κ1) is 16.8. The lowest BCUT2D eigenvalue weighted by Gasteiger charge is -2.16. The summed E-state index contributed by atoms with van der Waals surface area (Å²) in [4.78, 5) is 24.1. The maximum Gasteiger partial charge on any atom is 0.344 e. The van der Waals surface area contributed by atoms with E-state index in [1.165, 1.54) is 17.3 Å². The summed E-state index contributed by atoms with van der Waals surface area (Å²) in [6, 6.07) is 10.4. The molecule has 0 unspecified atom stereocenters. The molecule has 0 spiro atoms. The number of amides is 1. The fourth-order valence-electron chi connectivity index (χ4n) is 2.54. The number of benzene rings is 1. The van der Waals surface area contributed by atoms with E-state index in [4.69, 9.17) is 0 Å². The number of carbonyl (C=O) groups excluding carboxylic acids is 1. The van der Waals surface area contributed by atoms with Gasteiger partial charge in [-0.05, 0) is 31.2 Å². The Morgan fingerprint density at radius 1 is 1.38 bits per heavy atom. The van der Waals surface area contributed by atoms with Crippen LogP contribution in [0, 0.1) is 0 Å². The Hall–Kier alpha value is -2.02. The highest BCUT2D eigenvalue weighted by Gasteiger charge is 2.30. The van der Waals surface area contributed by atoms with Crippen molar-refractivity contribution in [1.82, 2.24) is 20.1 Å². The van der Waals surface area contributed by atoms with Crippen molar-refractivity contribution in [2.45, 2.75) is 49.1 Å². The lowest BCUT2D eigenvalue weighted by molar-refractivity contribution is -0.120. The van der Waals surface area contributed by atoms with Gasteiger partial charge in [-0.15, -0.1) is 5.10 Å². The van der Waals surface area contributed by atoms with E-state index < -0.39 is 0 Å². The van der Waals surface area contributed by atoms with Crippen molar-refractivity contribution in [1.29, 1.82) is 0 Å². The quantitative estimate of drug-likeness (QED) is 0.754. The van der Waals surface area contributed by atoms with Gasteiger partial charge in [0.1, 0.15) is 0 Å². The molecule has 3 rings (SSSR count). The number of hydrogen-bond donors (Lipinski definition) is 2. The Balaban J connectivity index is 1.54. The molecule has 2 atom stereocenters. The van der Waals surface area contributed by atoms with Gasteiger partial charge in [-0.25, -0.2) is 9.89 Å². The topological polar surface area (TPSA) is 79.8 Å². The van der Waals surface area contributed by atoms with Gasteiger partial charge < -0.3 is 5.32 Å². The van der Waals surface area contributed by atoms with Crippen LogP contribution in [0.4, 0.5) is 0 Å². The van der Waals surface area contributed by atoms with Crippen LogP contribution in [-0.4, -0.2) is 32.5 Å². The molecule has 6 nitrogen and oxygen atoms in total. The number of aromatic nitrogens is 3. The van der Waals surface area contributed by atoms with E-state index in [-0.39, 0.29) is 28.8 Å². The zero-order valence-corrected chi connectivity index (χ0v) is 14.7. The number of carbonyl (C=O) groups is 1. The fraction of sp³-hybridized carbons (Fsp3) is 0.471. The molecular formula is C17H22N4O2S. The van der Waals surface area contributed by atoms with Gasteiger partial charge >= 0.3 is 5.69 Å². The number of nitrogens with one attached hydrogen (secondary N) is 2. The molecule has 7 heteroatoms. The third kappa shape index (κ3) is 3.90. The third-order valence-electron chi connectivity index (χ3n) is 4.19. The summed E-state index contributed by atoms with van der Waals surface area (Å²) in [7, 11) is 0. The second-order valence-corrected chi connectivity index (χ2v) is 7.54. The molecule has 1 amide bonds. The standard InChI is InChI=1S/C17H22N4O2S/c1-11(13-6-4-3-5-7-13)10-18-15(22)12(2)24-17-20-19-16(23)21(17)14-8-9-14/h3-7,11-12,14H,8-10H2,1-2H3,(H,18,22)(H,19,23)/t11-,12-/m1/s1. The highest BCUT2D eigenvalue weighted by Crippen LogP contribution is 2.36. The summed E-state index contributed by atoms with van der Waals surface area (Å²) in [6.45, 7) is 4.51. The number of aromatic amines is 1. The molecule has 0 saturated heterocycles. The van der Waals surface area contributed by atoms with E-state index in [9.17, 15) is 9.59 Å². The number of nitrogens with zero attached hydrogens (tertiary/aromatic N) is 2. The first-order valence-corrected chi connectivity index (χ1v) is 9.10. The molecule has 1 aromatic carbocycles. The summed E-state index contributed by atoms with van der Waals surface area (Å²) in [5.74, 6) is 0.211. The Bertz CT molecular complexity index is 751. The van der Waals surface area contributed by atoms with Crippen molar-refractivity contribution < 1.29 is 4.79 Å². The summed E-state index contributed by atoms with van der Waals surface area (Å²) in [5, 5.41) is 9.81. The van der Waals surface area contributed by atoms with Crippen molar-refractivity contribution in [3.05, 3.63) is 46.4 Å². The molecule has 2 N–H and O–H groups in total. The second kappa shape index (κ2) is 7.25. The van der Waals surface area contributed by atoms with Crippen LogP contribution in [0.5, 0.6) is 0 Å². The summed E-state index contributed by atoms with van der Waals surface area (Å²) >= 11 is 1.32. The average molecular weight is 346 g/mol. The van der Waals surface area contributed by atoms with E-state index in [1.54, 1.807) is 4.57 Å². The minimum absolute atomic E-state index is 0.0411. The van der Waals surface area contributed by atoms with Crippen molar-refractivity contribution >= 4 is 17.7 Å². The van der Waals surface area contributed by atoms with Crippen LogP contribution in [0.2, 0.25) is 0 Å². The molecule has 24 heavy (non-hydrogen) atoms. The van der Waals surface area contributed by atoms with E-state index in [0.717, 1.165) is 12.8 Å². The first-order valence-electron chi connectivity index (χ1n) is 8.22. The fourth-order valence-corrected chi connectivity index (χ4v) is 3.49. The highest BCUT2D eigenvalue weighted by atomic mass is 32.2. The number of thioether (sulfide) groups is 1. The molecule has 128 valence electrons. The van der Waals surface area contributed by atoms with Gasteiger partial charge in [0.25, 0.3) is 0 Å². The van der Waals surface area contributed by atoms with Crippen molar-refractivity contribution in [2.24, 2.45) is 0 Å². The molecule has 1 fully saturated rings. The number of hydrogen-bond acceptors (Lipinski definition) is 4. The van der Waals surface area contributed by atoms with Crippen molar-refractivity contribution in [2.75, 3.05) is 6.54 Å². The molecule has 0 radical (unpaired) electrons. The van der Waals surface area contributed by atoms with Crippen LogP contribution >= 0.6 is 11.8 Å². The average Bonchev–Trinajstić information content (AvgIpc) is 3.37. The largest absolute Gasteiger partial charge is 0.355 e. The third-order valence-corrected chi connectivity index (χ3v) is 5.25. The van der Waals surface area contributed by atoms with E-state index in [0.29, 0.717) is 11.7 Å². The predicted octanol–water partition coefficient (Wildman–Crippen LogP) is 2.31. The minimum atomic E-state index is -0.305. The van der Waals surface area contributed by atoms with Crippen LogP contribution in [0.3, 0.4) is 0 Å². The van der Waals surface area contributed by atoms with Gasteiger partial charge in [0.05, 0.1) is 5.25 Å². The molecule has 1 aromatic heterocycles. The van der Waals surface area contributed by atoms with Gasteiger partial charge in [-0.1, -0.05) is 49.0 Å². The molecule has 1 aliphatic carbocycles. The van der Waals surface area contributed by atoms with Gasteiger partial charge in [0.2, 0.25) is 5.91 Å². The second-order valence-electron chi connectivity index (χ2n) is 6.23. The zero-order chi connectivity index (χ0) is 17.1. The summed E-state index contributed by atoms with van der Waals surface area (Å²) in [5.41, 5.74) is 1.01. The number of H-pyrrole nitrogens is 1. The molecule has 2 aromatic rings. The minimum Gasteiger partial charge on any atom is -0.355 e. The van der Waals surface area contributed by atoms with Gasteiger partial charge in [0, 0.05) is 12.6 Å². The van der Waals surface area contributed by atoms with Crippen LogP contribution in [0.15, 0.2) is 40.3 Å². The van der Waals surface area contributed by atoms with Crippen molar-refractivity contribution in [3.8, 4) is 0 Å². The first-order chi connectivity index (χ1) is 11.6. The molecule has 1 saturated carbocycles.